The van der Waals surface area contributed by atoms with Crippen LogP contribution in [-0.2, 0) is 9.59 Å². The molecule has 11 heteroatoms. The second-order valence-electron chi connectivity index (χ2n) is 10.5. The highest BCUT2D eigenvalue weighted by molar-refractivity contribution is 6.36. The van der Waals surface area contributed by atoms with Gasteiger partial charge in [0.1, 0.15) is 18.0 Å². The highest BCUT2D eigenvalue weighted by Gasteiger charge is 2.61. The Morgan fingerprint density at radius 2 is 1.53 bits per heavy atom. The Morgan fingerprint density at radius 1 is 0.860 bits per heavy atom. The van der Waals surface area contributed by atoms with E-state index in [4.69, 9.17) is 32.7 Å². The van der Waals surface area contributed by atoms with E-state index in [9.17, 15) is 24.0 Å². The first-order valence-corrected chi connectivity index (χ1v) is 14.2. The van der Waals surface area contributed by atoms with E-state index in [0.29, 0.717) is 17.2 Å². The lowest BCUT2D eigenvalue weighted by Crippen LogP contribution is -2.52. The average Bonchev–Trinajstić information content (AvgIpc) is 3.69. The largest absolute Gasteiger partial charge is 0.497 e. The predicted octanol–water partition coefficient (Wildman–Crippen LogP) is 5.27. The molecule has 43 heavy (non-hydrogen) atoms. The number of carbonyl (C=O) groups excluding carboxylic acids is 5. The molecule has 1 heterocycles. The first-order chi connectivity index (χ1) is 20.7. The van der Waals surface area contributed by atoms with Crippen molar-refractivity contribution in [3.63, 3.8) is 0 Å². The predicted molar refractivity (Wildman–Crippen MR) is 156 cm³/mol. The molecule has 9 nitrogen and oxygen atoms in total. The van der Waals surface area contributed by atoms with Gasteiger partial charge in [-0.15, -0.1) is 0 Å². The Morgan fingerprint density at radius 3 is 2.16 bits per heavy atom. The van der Waals surface area contributed by atoms with Crippen LogP contribution < -0.4 is 9.47 Å². The normalized spacial score (nSPS) is 21.6. The van der Waals surface area contributed by atoms with Crippen LogP contribution in [0.2, 0.25) is 10.0 Å². The smallest absolute Gasteiger partial charge is 0.343 e. The zero-order valence-corrected chi connectivity index (χ0v) is 24.2. The molecule has 1 saturated heterocycles. The van der Waals surface area contributed by atoms with Gasteiger partial charge < -0.3 is 9.47 Å². The lowest BCUT2D eigenvalue weighted by atomic mass is 9.85. The van der Waals surface area contributed by atoms with Crippen LogP contribution >= 0.6 is 23.2 Å². The SMILES string of the molecule is COc1cccc(C(=O)Oc2ccc(C(=O)CN(C(=O)c3ccc(Cl)cc3Cl)N3C(=O)[C@H]4[C@H](C3=O)[C@H]3C=C[C@H]4C3)cc2)c1. The number of esters is 1. The fraction of sp³-hybridized carbons (Fsp3) is 0.219. The summed E-state index contributed by atoms with van der Waals surface area (Å²) in [6, 6.07) is 16.4. The number of hydrogen-bond donors (Lipinski definition) is 0. The van der Waals surface area contributed by atoms with Crippen LogP contribution in [0.1, 0.15) is 37.5 Å². The molecule has 2 fully saturated rings. The summed E-state index contributed by atoms with van der Waals surface area (Å²) < 4.78 is 10.5. The van der Waals surface area contributed by atoms with Gasteiger partial charge in [0.05, 0.1) is 35.1 Å². The van der Waals surface area contributed by atoms with Crippen LogP contribution in [0.3, 0.4) is 0 Å². The summed E-state index contributed by atoms with van der Waals surface area (Å²) in [4.78, 5) is 67.0. The number of ketones is 1. The van der Waals surface area contributed by atoms with Gasteiger partial charge in [-0.3, -0.25) is 19.2 Å². The third-order valence-electron chi connectivity index (χ3n) is 8.07. The highest BCUT2D eigenvalue weighted by atomic mass is 35.5. The second-order valence-corrected chi connectivity index (χ2v) is 11.4. The Kier molecular flexibility index (Phi) is 7.54. The lowest BCUT2D eigenvalue weighted by Gasteiger charge is -2.31. The fourth-order valence-electron chi connectivity index (χ4n) is 6.01. The van der Waals surface area contributed by atoms with Crippen molar-refractivity contribution in [2.75, 3.05) is 13.7 Å². The van der Waals surface area contributed by atoms with Crippen LogP contribution in [0.15, 0.2) is 78.9 Å². The van der Waals surface area contributed by atoms with E-state index in [0.717, 1.165) is 10.0 Å². The molecule has 4 atom stereocenters. The van der Waals surface area contributed by atoms with E-state index in [1.165, 1.54) is 55.6 Å². The maximum absolute atomic E-state index is 13.8. The second kappa shape index (κ2) is 11.3. The van der Waals surface area contributed by atoms with Gasteiger partial charge in [0, 0.05) is 10.6 Å². The molecule has 0 spiro atoms. The van der Waals surface area contributed by atoms with Crippen molar-refractivity contribution in [2.45, 2.75) is 6.42 Å². The molecule has 3 aromatic rings. The van der Waals surface area contributed by atoms with E-state index >= 15 is 0 Å². The zero-order chi connectivity index (χ0) is 30.4. The number of benzene rings is 3. The molecule has 2 aliphatic carbocycles. The first-order valence-electron chi connectivity index (χ1n) is 13.5. The maximum atomic E-state index is 13.8. The minimum Gasteiger partial charge on any atom is -0.497 e. The monoisotopic (exact) mass is 618 g/mol. The third-order valence-corrected chi connectivity index (χ3v) is 8.62. The van der Waals surface area contributed by atoms with Crippen molar-refractivity contribution >= 4 is 52.7 Å². The minimum atomic E-state index is -0.791. The Labute approximate surface area is 256 Å². The van der Waals surface area contributed by atoms with Gasteiger partial charge in [-0.05, 0) is 78.9 Å². The molecule has 0 aromatic heterocycles. The molecule has 6 rings (SSSR count). The van der Waals surface area contributed by atoms with E-state index in [1.54, 1.807) is 18.2 Å². The van der Waals surface area contributed by atoms with Crippen LogP contribution in [0.4, 0.5) is 0 Å². The summed E-state index contributed by atoms with van der Waals surface area (Å²) in [5.41, 5.74) is 0.433. The fourth-order valence-corrected chi connectivity index (χ4v) is 6.50. The van der Waals surface area contributed by atoms with E-state index in [-0.39, 0.29) is 39.3 Å². The number of amides is 3. The number of Topliss-reactive ketones (excluding diaryl/α,β-unsaturated/α-hetero) is 1. The molecule has 3 amide bonds. The van der Waals surface area contributed by atoms with Gasteiger partial charge in [0.2, 0.25) is 0 Å². The summed E-state index contributed by atoms with van der Waals surface area (Å²) in [5, 5.41) is 1.99. The third kappa shape index (κ3) is 5.19. The van der Waals surface area contributed by atoms with Gasteiger partial charge in [0.15, 0.2) is 5.78 Å². The Balaban J connectivity index is 1.24. The first kappa shape index (κ1) is 28.6. The number of hydrogen-bond acceptors (Lipinski definition) is 7. The number of allylic oxidation sites excluding steroid dienone is 2. The van der Waals surface area contributed by atoms with Crippen LogP contribution in [0.25, 0.3) is 0 Å². The lowest BCUT2D eigenvalue weighted by molar-refractivity contribution is -0.154. The van der Waals surface area contributed by atoms with Crippen LogP contribution in [0.5, 0.6) is 11.5 Å². The molecule has 1 saturated carbocycles. The summed E-state index contributed by atoms with van der Waals surface area (Å²) in [6.45, 7) is -0.611. The molecular formula is C32H24Cl2N2O7. The number of nitrogens with zero attached hydrogens (tertiary/aromatic N) is 2. The van der Waals surface area contributed by atoms with E-state index < -0.39 is 47.9 Å². The topological polar surface area (TPSA) is 110 Å². The molecule has 3 aromatic carbocycles. The number of halogens is 2. The van der Waals surface area contributed by atoms with Crippen molar-refractivity contribution < 1.29 is 33.4 Å². The summed E-state index contributed by atoms with van der Waals surface area (Å²) in [5.74, 6) is -3.64. The highest BCUT2D eigenvalue weighted by Crippen LogP contribution is 2.52. The number of imide groups is 1. The van der Waals surface area contributed by atoms with Crippen molar-refractivity contribution in [1.29, 1.82) is 0 Å². The van der Waals surface area contributed by atoms with Gasteiger partial charge in [0.25, 0.3) is 17.7 Å². The van der Waals surface area contributed by atoms with Crippen LogP contribution in [0, 0.1) is 23.7 Å². The summed E-state index contributed by atoms with van der Waals surface area (Å²) >= 11 is 12.3. The van der Waals surface area contributed by atoms with Crippen molar-refractivity contribution in [2.24, 2.45) is 23.7 Å². The molecule has 2 bridgehead atoms. The molecule has 1 aliphatic heterocycles. The summed E-state index contributed by atoms with van der Waals surface area (Å²) in [6.07, 6.45) is 4.60. The number of fused-ring (bicyclic) bond motifs is 5. The minimum absolute atomic E-state index is 0.0122. The number of carbonyl (C=O) groups is 5. The molecule has 218 valence electrons. The van der Waals surface area contributed by atoms with Gasteiger partial charge in [-0.25, -0.2) is 9.80 Å². The maximum Gasteiger partial charge on any atom is 0.343 e. The van der Waals surface area contributed by atoms with Gasteiger partial charge in [-0.1, -0.05) is 41.4 Å². The quantitative estimate of drug-likeness (QED) is 0.111. The van der Waals surface area contributed by atoms with E-state index in [1.807, 2.05) is 12.2 Å². The van der Waals surface area contributed by atoms with Gasteiger partial charge >= 0.3 is 5.97 Å². The number of rotatable bonds is 8. The standard InChI is InChI=1S/C32H24Cl2N2O7/c1-42-23-4-2-3-20(14-23)32(41)43-22-10-7-17(8-11-22)26(37)16-35(29(38)24-12-9-21(33)15-25(24)34)36-30(39)27-18-5-6-19(13-18)28(27)31(36)40/h2-12,14-15,18-19,27-28H,13,16H2,1H3/t18-,19-,27+,28+/m0/s1. The van der Waals surface area contributed by atoms with Crippen molar-refractivity contribution in [3.8, 4) is 11.5 Å². The average molecular weight is 619 g/mol. The molecule has 0 unspecified atom stereocenters. The molecule has 0 N–H and O–H groups in total. The molecule has 0 radical (unpaired) electrons. The van der Waals surface area contributed by atoms with Crippen LogP contribution in [-0.4, -0.2) is 53.1 Å². The zero-order valence-electron chi connectivity index (χ0n) is 22.7. The molecule has 3 aliphatic rings. The number of methoxy groups -OCH3 is 1. The van der Waals surface area contributed by atoms with E-state index in [2.05, 4.69) is 0 Å². The van der Waals surface area contributed by atoms with Crippen molar-refractivity contribution in [3.05, 3.63) is 106 Å². The Hall–Kier alpha value is -4.47. The summed E-state index contributed by atoms with van der Waals surface area (Å²) in [7, 11) is 1.49. The van der Waals surface area contributed by atoms with Crippen molar-refractivity contribution in [1.82, 2.24) is 10.0 Å². The molecular weight excluding hydrogens is 595 g/mol. The van der Waals surface area contributed by atoms with Gasteiger partial charge in [-0.2, -0.15) is 5.01 Å². The number of ether oxygens (including phenoxy) is 2. The Bertz CT molecular complexity index is 1670. The number of hydrazine groups is 1.